The standard InChI is InChI=1S/C18H27N3O3/c1-14-7-4-5-9-16(14)24-13-15-8-6-10-21(12-15)17(22)11-19-18(23)20(2)3/h4-5,7,9,15H,6,8,10-13H2,1-3H3,(H,19,23)/t15-/m0/s1. The summed E-state index contributed by atoms with van der Waals surface area (Å²) in [6.45, 7) is 4.11. The van der Waals surface area contributed by atoms with E-state index in [1.807, 2.05) is 36.1 Å². The predicted octanol–water partition coefficient (Wildman–Crippen LogP) is 1.88. The van der Waals surface area contributed by atoms with Gasteiger partial charge in [0, 0.05) is 33.1 Å². The number of para-hydroxylation sites is 1. The maximum atomic E-state index is 12.3. The Balaban J connectivity index is 1.80. The van der Waals surface area contributed by atoms with E-state index < -0.39 is 0 Å². The fourth-order valence-corrected chi connectivity index (χ4v) is 2.77. The summed E-state index contributed by atoms with van der Waals surface area (Å²) in [6, 6.07) is 7.70. The number of hydrogen-bond donors (Lipinski definition) is 1. The van der Waals surface area contributed by atoms with Crippen LogP contribution in [0, 0.1) is 12.8 Å². The zero-order valence-corrected chi connectivity index (χ0v) is 14.7. The molecule has 3 amide bonds. The highest BCUT2D eigenvalue weighted by atomic mass is 16.5. The van der Waals surface area contributed by atoms with Gasteiger partial charge in [0.15, 0.2) is 0 Å². The van der Waals surface area contributed by atoms with E-state index in [-0.39, 0.29) is 18.5 Å². The van der Waals surface area contributed by atoms with Gasteiger partial charge in [-0.05, 0) is 31.4 Å². The average molecular weight is 333 g/mol. The number of benzene rings is 1. The van der Waals surface area contributed by atoms with E-state index >= 15 is 0 Å². The number of ether oxygens (including phenoxy) is 1. The normalized spacial score (nSPS) is 17.3. The van der Waals surface area contributed by atoms with Gasteiger partial charge < -0.3 is 19.9 Å². The predicted molar refractivity (Wildman–Crippen MR) is 93.1 cm³/mol. The van der Waals surface area contributed by atoms with E-state index in [2.05, 4.69) is 5.32 Å². The molecule has 0 saturated carbocycles. The number of carbonyl (C=O) groups is 2. The first-order valence-corrected chi connectivity index (χ1v) is 8.38. The third-order valence-electron chi connectivity index (χ3n) is 4.24. The molecule has 1 aromatic carbocycles. The van der Waals surface area contributed by atoms with Gasteiger partial charge in [-0.2, -0.15) is 0 Å². The van der Waals surface area contributed by atoms with Crippen LogP contribution in [0.1, 0.15) is 18.4 Å². The lowest BCUT2D eigenvalue weighted by molar-refractivity contribution is -0.132. The molecule has 6 heteroatoms. The van der Waals surface area contributed by atoms with Crippen molar-refractivity contribution in [2.24, 2.45) is 5.92 Å². The number of urea groups is 1. The van der Waals surface area contributed by atoms with Gasteiger partial charge in [0.25, 0.3) is 0 Å². The molecular formula is C18H27N3O3. The Morgan fingerprint density at radius 2 is 2.08 bits per heavy atom. The fraction of sp³-hybridized carbons (Fsp3) is 0.556. The van der Waals surface area contributed by atoms with E-state index in [4.69, 9.17) is 4.74 Å². The summed E-state index contributed by atoms with van der Waals surface area (Å²) in [4.78, 5) is 27.0. The largest absolute Gasteiger partial charge is 0.493 e. The van der Waals surface area contributed by atoms with Gasteiger partial charge >= 0.3 is 6.03 Å². The van der Waals surface area contributed by atoms with Crippen LogP contribution in [0.4, 0.5) is 4.79 Å². The summed E-state index contributed by atoms with van der Waals surface area (Å²) in [7, 11) is 3.30. The van der Waals surface area contributed by atoms with Crippen molar-refractivity contribution in [3.63, 3.8) is 0 Å². The lowest BCUT2D eigenvalue weighted by atomic mass is 9.99. The Bertz CT molecular complexity index is 574. The van der Waals surface area contributed by atoms with Crippen molar-refractivity contribution < 1.29 is 14.3 Å². The maximum Gasteiger partial charge on any atom is 0.317 e. The van der Waals surface area contributed by atoms with Crippen LogP contribution < -0.4 is 10.1 Å². The van der Waals surface area contributed by atoms with Crippen LogP contribution in [0.3, 0.4) is 0 Å². The van der Waals surface area contributed by atoms with Crippen LogP contribution in [-0.4, -0.2) is 62.1 Å². The third-order valence-corrected chi connectivity index (χ3v) is 4.24. The highest BCUT2D eigenvalue weighted by molar-refractivity contribution is 5.83. The molecule has 1 atom stereocenters. The van der Waals surface area contributed by atoms with Gasteiger partial charge in [-0.1, -0.05) is 18.2 Å². The van der Waals surface area contributed by atoms with Gasteiger partial charge in [-0.15, -0.1) is 0 Å². The van der Waals surface area contributed by atoms with Crippen LogP contribution in [-0.2, 0) is 4.79 Å². The molecule has 1 fully saturated rings. The zero-order valence-electron chi connectivity index (χ0n) is 14.7. The van der Waals surface area contributed by atoms with Crippen molar-refractivity contribution >= 4 is 11.9 Å². The summed E-state index contributed by atoms with van der Waals surface area (Å²) in [6.07, 6.45) is 2.02. The van der Waals surface area contributed by atoms with Gasteiger partial charge in [0.2, 0.25) is 5.91 Å². The van der Waals surface area contributed by atoms with Crippen molar-refractivity contribution in [1.29, 1.82) is 0 Å². The number of likely N-dealkylation sites (tertiary alicyclic amines) is 1. The molecule has 6 nitrogen and oxygen atoms in total. The number of nitrogens with zero attached hydrogens (tertiary/aromatic N) is 2. The lowest BCUT2D eigenvalue weighted by Gasteiger charge is -2.33. The first kappa shape index (κ1) is 18.1. The second kappa shape index (κ2) is 8.57. The van der Waals surface area contributed by atoms with Crippen molar-refractivity contribution in [3.8, 4) is 5.75 Å². The van der Waals surface area contributed by atoms with E-state index in [9.17, 15) is 9.59 Å². The molecule has 1 aromatic rings. The van der Waals surface area contributed by atoms with Crippen LogP contribution in [0.2, 0.25) is 0 Å². The molecule has 132 valence electrons. The number of hydrogen-bond acceptors (Lipinski definition) is 3. The minimum absolute atomic E-state index is 0.0363. The van der Waals surface area contributed by atoms with Crippen molar-refractivity contribution in [1.82, 2.24) is 15.1 Å². The van der Waals surface area contributed by atoms with Crippen molar-refractivity contribution in [2.45, 2.75) is 19.8 Å². The van der Waals surface area contributed by atoms with E-state index in [0.29, 0.717) is 19.1 Å². The monoisotopic (exact) mass is 333 g/mol. The molecule has 1 aliphatic heterocycles. The fourth-order valence-electron chi connectivity index (χ4n) is 2.77. The number of rotatable bonds is 5. The van der Waals surface area contributed by atoms with Crippen LogP contribution in [0.5, 0.6) is 5.75 Å². The Morgan fingerprint density at radius 3 is 2.79 bits per heavy atom. The SMILES string of the molecule is Cc1ccccc1OC[C@H]1CCCN(C(=O)CNC(=O)N(C)C)C1. The first-order valence-electron chi connectivity index (χ1n) is 8.38. The molecule has 1 aliphatic rings. The van der Waals surface area contributed by atoms with Crippen LogP contribution in [0.15, 0.2) is 24.3 Å². The molecule has 1 N–H and O–H groups in total. The summed E-state index contributed by atoms with van der Waals surface area (Å²) in [5.41, 5.74) is 1.12. The topological polar surface area (TPSA) is 61.9 Å². The molecule has 24 heavy (non-hydrogen) atoms. The maximum absolute atomic E-state index is 12.3. The summed E-state index contributed by atoms with van der Waals surface area (Å²) in [5.74, 6) is 1.19. The minimum Gasteiger partial charge on any atom is -0.493 e. The molecule has 0 bridgehead atoms. The van der Waals surface area contributed by atoms with E-state index in [1.165, 1.54) is 4.90 Å². The quantitative estimate of drug-likeness (QED) is 0.895. The van der Waals surface area contributed by atoms with E-state index in [1.54, 1.807) is 14.1 Å². The third kappa shape index (κ3) is 5.15. The van der Waals surface area contributed by atoms with Gasteiger partial charge in [-0.25, -0.2) is 4.79 Å². The number of carbonyl (C=O) groups excluding carboxylic acids is 2. The summed E-state index contributed by atoms with van der Waals surface area (Å²) < 4.78 is 5.92. The molecule has 0 aliphatic carbocycles. The smallest absolute Gasteiger partial charge is 0.317 e. The Morgan fingerprint density at radius 1 is 1.33 bits per heavy atom. The molecule has 0 unspecified atom stereocenters. The van der Waals surface area contributed by atoms with Gasteiger partial charge in [0.05, 0.1) is 13.2 Å². The highest BCUT2D eigenvalue weighted by Gasteiger charge is 2.24. The lowest BCUT2D eigenvalue weighted by Crippen LogP contribution is -2.47. The summed E-state index contributed by atoms with van der Waals surface area (Å²) >= 11 is 0. The van der Waals surface area contributed by atoms with E-state index in [0.717, 1.165) is 30.7 Å². The minimum atomic E-state index is -0.250. The molecule has 1 heterocycles. The average Bonchev–Trinajstić information content (AvgIpc) is 2.58. The molecule has 1 saturated heterocycles. The van der Waals surface area contributed by atoms with Gasteiger partial charge in [-0.3, -0.25) is 4.79 Å². The number of piperidine rings is 1. The van der Waals surface area contributed by atoms with Crippen LogP contribution in [0.25, 0.3) is 0 Å². The zero-order chi connectivity index (χ0) is 17.5. The molecule has 0 radical (unpaired) electrons. The Hall–Kier alpha value is -2.24. The second-order valence-electron chi connectivity index (χ2n) is 6.48. The highest BCUT2D eigenvalue weighted by Crippen LogP contribution is 2.21. The summed E-state index contributed by atoms with van der Waals surface area (Å²) in [5, 5.41) is 2.62. The van der Waals surface area contributed by atoms with Crippen molar-refractivity contribution in [3.05, 3.63) is 29.8 Å². The number of nitrogens with one attached hydrogen (secondary N) is 1. The first-order chi connectivity index (χ1) is 11.5. The number of aryl methyl sites for hydroxylation is 1. The van der Waals surface area contributed by atoms with Crippen molar-refractivity contribution in [2.75, 3.05) is 40.3 Å². The van der Waals surface area contributed by atoms with Gasteiger partial charge in [0.1, 0.15) is 5.75 Å². The Kier molecular flexibility index (Phi) is 6.46. The molecule has 0 spiro atoms. The molecular weight excluding hydrogens is 306 g/mol. The van der Waals surface area contributed by atoms with Crippen LogP contribution >= 0.6 is 0 Å². The molecule has 0 aromatic heterocycles. The molecule has 2 rings (SSSR count). The Labute approximate surface area is 143 Å². The second-order valence-corrected chi connectivity index (χ2v) is 6.48. The number of amides is 3.